The molecule has 3 N–H and O–H groups in total. The van der Waals surface area contributed by atoms with E-state index in [1.165, 1.54) is 4.90 Å². The molecule has 134 valence electrons. The van der Waals surface area contributed by atoms with E-state index in [1.807, 2.05) is 32.0 Å². The quantitative estimate of drug-likeness (QED) is 0.733. The van der Waals surface area contributed by atoms with Crippen LogP contribution in [0.25, 0.3) is 0 Å². The maximum atomic E-state index is 12.3. The Morgan fingerprint density at radius 3 is 2.68 bits per heavy atom. The van der Waals surface area contributed by atoms with Crippen molar-refractivity contribution in [3.63, 3.8) is 0 Å². The summed E-state index contributed by atoms with van der Waals surface area (Å²) in [5, 5.41) is 9.98. The standard InChI is InChI=1S/C18H25N5O2/c1-13-18(14(2)21-20-13)19-17(24)12-22-8-10-23(11-9-22)15-6-4-5-7-16(15)25-3/h4-7H,8-12H2,1-3H3,(H,19,24)(H,20,21)/p+1. The summed E-state index contributed by atoms with van der Waals surface area (Å²) in [5.74, 6) is 0.933. The van der Waals surface area contributed by atoms with E-state index in [1.54, 1.807) is 7.11 Å². The van der Waals surface area contributed by atoms with E-state index in [0.717, 1.165) is 54.7 Å². The van der Waals surface area contributed by atoms with Gasteiger partial charge in [-0.2, -0.15) is 5.10 Å². The first-order valence-corrected chi connectivity index (χ1v) is 8.61. The highest BCUT2D eigenvalue weighted by atomic mass is 16.5. The molecule has 25 heavy (non-hydrogen) atoms. The number of quaternary nitrogens is 1. The van der Waals surface area contributed by atoms with Gasteiger partial charge in [0.15, 0.2) is 6.54 Å². The van der Waals surface area contributed by atoms with Gasteiger partial charge in [-0.1, -0.05) is 12.1 Å². The average Bonchev–Trinajstić information content (AvgIpc) is 2.94. The first-order chi connectivity index (χ1) is 12.1. The molecule has 1 aromatic carbocycles. The first kappa shape index (κ1) is 17.3. The molecule has 1 aromatic heterocycles. The van der Waals surface area contributed by atoms with Crippen LogP contribution in [0.2, 0.25) is 0 Å². The van der Waals surface area contributed by atoms with Gasteiger partial charge in [-0.3, -0.25) is 9.89 Å². The number of aryl methyl sites for hydroxylation is 2. The number of rotatable bonds is 5. The van der Waals surface area contributed by atoms with Crippen LogP contribution in [0.15, 0.2) is 24.3 Å². The summed E-state index contributed by atoms with van der Waals surface area (Å²) in [7, 11) is 1.70. The normalized spacial score (nSPS) is 15.2. The van der Waals surface area contributed by atoms with Gasteiger partial charge in [0.1, 0.15) is 5.75 Å². The molecular formula is C18H26N5O2+. The zero-order valence-electron chi connectivity index (χ0n) is 15.1. The lowest BCUT2D eigenvalue weighted by atomic mass is 10.2. The second kappa shape index (κ2) is 7.57. The third-order valence-corrected chi connectivity index (χ3v) is 4.70. The topological polar surface area (TPSA) is 74.7 Å². The second-order valence-electron chi connectivity index (χ2n) is 6.44. The maximum Gasteiger partial charge on any atom is 0.279 e. The molecule has 0 spiro atoms. The Kier molecular flexibility index (Phi) is 5.23. The largest absolute Gasteiger partial charge is 0.495 e. The van der Waals surface area contributed by atoms with Gasteiger partial charge in [-0.15, -0.1) is 0 Å². The summed E-state index contributed by atoms with van der Waals surface area (Å²) in [5.41, 5.74) is 3.64. The fourth-order valence-electron chi connectivity index (χ4n) is 3.28. The molecule has 7 nitrogen and oxygen atoms in total. The van der Waals surface area contributed by atoms with Crippen molar-refractivity contribution >= 4 is 17.3 Å². The fourth-order valence-corrected chi connectivity index (χ4v) is 3.28. The van der Waals surface area contributed by atoms with Gasteiger partial charge < -0.3 is 19.9 Å². The van der Waals surface area contributed by atoms with Gasteiger partial charge in [0, 0.05) is 0 Å². The fraction of sp³-hybridized carbons (Fsp3) is 0.444. The Balaban J connectivity index is 1.53. The van der Waals surface area contributed by atoms with Gasteiger partial charge in [0.2, 0.25) is 0 Å². The highest BCUT2D eigenvalue weighted by Crippen LogP contribution is 2.27. The van der Waals surface area contributed by atoms with Crippen LogP contribution in [-0.2, 0) is 4.79 Å². The number of H-pyrrole nitrogens is 1. The van der Waals surface area contributed by atoms with Crippen molar-refractivity contribution in [1.82, 2.24) is 10.2 Å². The molecule has 1 amide bonds. The minimum absolute atomic E-state index is 0.0355. The Morgan fingerprint density at radius 2 is 2.04 bits per heavy atom. The molecule has 3 rings (SSSR count). The number of nitrogens with one attached hydrogen (secondary N) is 3. The number of hydrogen-bond acceptors (Lipinski definition) is 4. The molecule has 1 aliphatic heterocycles. The molecule has 2 aromatic rings. The second-order valence-corrected chi connectivity index (χ2v) is 6.44. The number of anilines is 2. The zero-order chi connectivity index (χ0) is 17.8. The monoisotopic (exact) mass is 344 g/mol. The summed E-state index contributed by atoms with van der Waals surface area (Å²) >= 11 is 0. The van der Waals surface area contributed by atoms with Crippen LogP contribution in [0.1, 0.15) is 11.4 Å². The molecule has 7 heteroatoms. The molecule has 1 saturated heterocycles. The van der Waals surface area contributed by atoms with E-state index in [-0.39, 0.29) is 5.91 Å². The van der Waals surface area contributed by atoms with Crippen LogP contribution in [-0.4, -0.2) is 55.9 Å². The number of aromatic nitrogens is 2. The summed E-state index contributed by atoms with van der Waals surface area (Å²) < 4.78 is 5.45. The van der Waals surface area contributed by atoms with Gasteiger partial charge in [0.05, 0.1) is 56.1 Å². The number of carbonyl (C=O) groups is 1. The van der Waals surface area contributed by atoms with Gasteiger partial charge in [-0.25, -0.2) is 0 Å². The number of amides is 1. The number of benzene rings is 1. The van der Waals surface area contributed by atoms with E-state index in [4.69, 9.17) is 4.74 Å². The van der Waals surface area contributed by atoms with Crippen molar-refractivity contribution in [3.05, 3.63) is 35.7 Å². The molecule has 1 fully saturated rings. The number of nitrogens with zero attached hydrogens (tertiary/aromatic N) is 2. The number of ether oxygens (including phenoxy) is 1. The van der Waals surface area contributed by atoms with Crippen molar-refractivity contribution in [2.45, 2.75) is 13.8 Å². The van der Waals surface area contributed by atoms with E-state index >= 15 is 0 Å². The van der Waals surface area contributed by atoms with E-state index < -0.39 is 0 Å². The predicted octanol–water partition coefficient (Wildman–Crippen LogP) is 0.379. The third-order valence-electron chi connectivity index (χ3n) is 4.70. The Hall–Kier alpha value is -2.54. The molecule has 0 aliphatic carbocycles. The number of para-hydroxylation sites is 2. The van der Waals surface area contributed by atoms with Gasteiger partial charge in [-0.05, 0) is 26.0 Å². The van der Waals surface area contributed by atoms with Crippen LogP contribution in [0.4, 0.5) is 11.4 Å². The SMILES string of the molecule is COc1ccccc1N1CC[NH+](CC(=O)Nc2c(C)n[nH]c2C)CC1. The van der Waals surface area contributed by atoms with Crippen molar-refractivity contribution in [3.8, 4) is 5.75 Å². The van der Waals surface area contributed by atoms with E-state index in [2.05, 4.69) is 26.5 Å². The Morgan fingerprint density at radius 1 is 1.32 bits per heavy atom. The number of methoxy groups -OCH3 is 1. The number of hydrogen-bond donors (Lipinski definition) is 3. The van der Waals surface area contributed by atoms with Crippen LogP contribution < -0.4 is 19.9 Å². The Labute approximate surface area is 148 Å². The lowest BCUT2D eigenvalue weighted by molar-refractivity contribution is -0.892. The van der Waals surface area contributed by atoms with Crippen molar-refractivity contribution < 1.29 is 14.4 Å². The number of aromatic amines is 1. The van der Waals surface area contributed by atoms with Crippen LogP contribution in [0.5, 0.6) is 5.75 Å². The maximum absolute atomic E-state index is 12.3. The molecule has 0 unspecified atom stereocenters. The highest BCUT2D eigenvalue weighted by molar-refractivity contribution is 5.92. The first-order valence-electron chi connectivity index (χ1n) is 8.61. The van der Waals surface area contributed by atoms with Crippen LogP contribution in [0.3, 0.4) is 0 Å². The highest BCUT2D eigenvalue weighted by Gasteiger charge is 2.24. The summed E-state index contributed by atoms with van der Waals surface area (Å²) in [4.78, 5) is 15.9. The lowest BCUT2D eigenvalue weighted by Crippen LogP contribution is -3.15. The minimum Gasteiger partial charge on any atom is -0.495 e. The van der Waals surface area contributed by atoms with Crippen molar-refractivity contribution in [1.29, 1.82) is 0 Å². The number of carbonyl (C=O) groups excluding carboxylic acids is 1. The summed E-state index contributed by atoms with van der Waals surface area (Å²) in [6.45, 7) is 7.94. The Bertz CT molecular complexity index is 715. The summed E-state index contributed by atoms with van der Waals surface area (Å²) in [6, 6.07) is 8.08. The smallest absolute Gasteiger partial charge is 0.279 e. The lowest BCUT2D eigenvalue weighted by Gasteiger charge is -2.34. The van der Waals surface area contributed by atoms with Crippen molar-refractivity contribution in [2.75, 3.05) is 50.1 Å². The van der Waals surface area contributed by atoms with Crippen LogP contribution in [0, 0.1) is 13.8 Å². The predicted molar refractivity (Wildman–Crippen MR) is 97.5 cm³/mol. The molecule has 1 aliphatic rings. The van der Waals surface area contributed by atoms with E-state index in [0.29, 0.717) is 6.54 Å². The molecule has 0 radical (unpaired) electrons. The van der Waals surface area contributed by atoms with Gasteiger partial charge in [0.25, 0.3) is 5.91 Å². The summed E-state index contributed by atoms with van der Waals surface area (Å²) in [6.07, 6.45) is 0. The molecule has 0 saturated carbocycles. The zero-order valence-corrected chi connectivity index (χ0v) is 15.1. The minimum atomic E-state index is 0.0355. The van der Waals surface area contributed by atoms with Crippen molar-refractivity contribution in [2.24, 2.45) is 0 Å². The molecule has 0 bridgehead atoms. The third kappa shape index (κ3) is 3.93. The average molecular weight is 344 g/mol. The van der Waals surface area contributed by atoms with Crippen LogP contribution >= 0.6 is 0 Å². The van der Waals surface area contributed by atoms with E-state index in [9.17, 15) is 4.79 Å². The number of piperazine rings is 1. The van der Waals surface area contributed by atoms with Gasteiger partial charge >= 0.3 is 0 Å². The molecule has 0 atom stereocenters. The molecule has 2 heterocycles. The molecular weight excluding hydrogens is 318 g/mol.